The zero-order valence-corrected chi connectivity index (χ0v) is 21.2. The average Bonchev–Trinajstić information content (AvgIpc) is 3.35. The lowest BCUT2D eigenvalue weighted by Crippen LogP contribution is -2.39. The number of halogens is 1. The van der Waals surface area contributed by atoms with Crippen molar-refractivity contribution in [2.45, 2.75) is 51.3 Å². The molecule has 34 heavy (non-hydrogen) atoms. The number of aromatic nitrogens is 2. The highest BCUT2D eigenvalue weighted by Gasteiger charge is 2.26. The number of aryl methyl sites for hydroxylation is 1. The molecule has 8 nitrogen and oxygen atoms in total. The van der Waals surface area contributed by atoms with E-state index in [1.807, 2.05) is 37.0 Å². The van der Waals surface area contributed by atoms with Crippen molar-refractivity contribution in [2.24, 2.45) is 5.92 Å². The molecule has 2 N–H and O–H groups in total. The number of hydroxylamine groups is 1. The molecule has 0 aliphatic carbocycles. The molecule has 0 aliphatic rings. The summed E-state index contributed by atoms with van der Waals surface area (Å²) in [7, 11) is -4.22. The number of nitrogens with zero attached hydrogens (tertiary/aromatic N) is 2. The normalized spacial score (nSPS) is 11.7. The van der Waals surface area contributed by atoms with Gasteiger partial charge in [0.05, 0.1) is 13.2 Å². The Kier molecular flexibility index (Phi) is 8.45. The van der Waals surface area contributed by atoms with Crippen LogP contribution in [0.25, 0.3) is 11.1 Å². The standard InChI is InChI=1S/C23H29FN4O4S2/c1-5-10-32-26-23(29)27-34(30,31)22-20(13-19(33-22)11-15(2)3)17-6-7-18(21(24)12-17)14-28-9-8-25-16(28)4/h6-9,12-13,15H,5,10-11,14H2,1-4H3,(H2,26,27,29). The molecule has 0 saturated carbocycles. The molecule has 0 spiro atoms. The molecular formula is C23H29FN4O4S2. The molecule has 0 bridgehead atoms. The van der Waals surface area contributed by atoms with E-state index in [2.05, 4.69) is 10.5 Å². The Bertz CT molecular complexity index is 1250. The lowest BCUT2D eigenvalue weighted by atomic mass is 10.0. The molecule has 0 fully saturated rings. The van der Waals surface area contributed by atoms with Crippen LogP contribution in [-0.4, -0.2) is 30.6 Å². The van der Waals surface area contributed by atoms with Gasteiger partial charge in [-0.3, -0.25) is 4.84 Å². The predicted molar refractivity (Wildman–Crippen MR) is 129 cm³/mol. The predicted octanol–water partition coefficient (Wildman–Crippen LogP) is 4.64. The highest BCUT2D eigenvalue weighted by atomic mass is 32.2. The molecule has 3 aromatic rings. The molecular weight excluding hydrogens is 479 g/mol. The average molecular weight is 509 g/mol. The summed E-state index contributed by atoms with van der Waals surface area (Å²) in [6.45, 7) is 8.30. The maximum atomic E-state index is 15.0. The van der Waals surface area contributed by atoms with Crippen molar-refractivity contribution in [3.05, 3.63) is 58.7 Å². The highest BCUT2D eigenvalue weighted by molar-refractivity contribution is 7.92. The van der Waals surface area contributed by atoms with Crippen LogP contribution < -0.4 is 10.2 Å². The van der Waals surface area contributed by atoms with Crippen molar-refractivity contribution in [2.75, 3.05) is 6.61 Å². The van der Waals surface area contributed by atoms with Crippen LogP contribution in [0, 0.1) is 18.7 Å². The van der Waals surface area contributed by atoms with E-state index in [0.717, 1.165) is 22.0 Å². The van der Waals surface area contributed by atoms with Crippen LogP contribution in [0.3, 0.4) is 0 Å². The highest BCUT2D eigenvalue weighted by Crippen LogP contribution is 2.37. The lowest BCUT2D eigenvalue weighted by molar-refractivity contribution is 0.0636. The second-order valence-corrected chi connectivity index (χ2v) is 11.3. The Morgan fingerprint density at radius 2 is 2.06 bits per heavy atom. The van der Waals surface area contributed by atoms with Gasteiger partial charge in [0.1, 0.15) is 15.9 Å². The number of thiophene rings is 1. The number of sulfonamides is 1. The van der Waals surface area contributed by atoms with Crippen LogP contribution in [0.2, 0.25) is 0 Å². The van der Waals surface area contributed by atoms with Gasteiger partial charge >= 0.3 is 6.03 Å². The fraction of sp³-hybridized carbons (Fsp3) is 0.391. The first-order valence-electron chi connectivity index (χ1n) is 10.9. The molecule has 1 aromatic carbocycles. The first kappa shape index (κ1) is 25.9. The molecule has 0 radical (unpaired) electrons. The fourth-order valence-corrected chi connectivity index (χ4v) is 6.18. The van der Waals surface area contributed by atoms with E-state index in [1.165, 1.54) is 6.07 Å². The van der Waals surface area contributed by atoms with Crippen molar-refractivity contribution in [3.63, 3.8) is 0 Å². The van der Waals surface area contributed by atoms with Gasteiger partial charge < -0.3 is 4.57 Å². The quantitative estimate of drug-likeness (QED) is 0.307. The lowest BCUT2D eigenvalue weighted by Gasteiger charge is -2.11. The largest absolute Gasteiger partial charge is 0.352 e. The topological polar surface area (TPSA) is 102 Å². The summed E-state index contributed by atoms with van der Waals surface area (Å²) in [5.74, 6) is 0.600. The third-order valence-corrected chi connectivity index (χ3v) is 7.95. The zero-order chi connectivity index (χ0) is 24.9. The van der Waals surface area contributed by atoms with E-state index in [0.29, 0.717) is 42.0 Å². The number of urea groups is 1. The minimum Gasteiger partial charge on any atom is -0.331 e. The van der Waals surface area contributed by atoms with E-state index < -0.39 is 21.9 Å². The number of nitrogens with one attached hydrogen (secondary N) is 2. The summed E-state index contributed by atoms with van der Waals surface area (Å²) < 4.78 is 44.9. The molecule has 2 aromatic heterocycles. The molecule has 11 heteroatoms. The van der Waals surface area contributed by atoms with Gasteiger partial charge in [0.25, 0.3) is 10.0 Å². The second kappa shape index (κ2) is 11.1. The Hall–Kier alpha value is -2.76. The fourth-order valence-electron chi connectivity index (χ4n) is 3.33. The minimum absolute atomic E-state index is 0.0496. The van der Waals surface area contributed by atoms with Crippen LogP contribution >= 0.6 is 11.3 Å². The van der Waals surface area contributed by atoms with Gasteiger partial charge in [-0.05, 0) is 43.4 Å². The summed E-state index contributed by atoms with van der Waals surface area (Å²) in [6, 6.07) is 5.41. The molecule has 0 atom stereocenters. The van der Waals surface area contributed by atoms with E-state index in [1.54, 1.807) is 30.6 Å². The van der Waals surface area contributed by atoms with Gasteiger partial charge in [-0.25, -0.2) is 32.8 Å². The monoisotopic (exact) mass is 508 g/mol. The van der Waals surface area contributed by atoms with Crippen molar-refractivity contribution in [1.82, 2.24) is 19.8 Å². The summed E-state index contributed by atoms with van der Waals surface area (Å²) >= 11 is 1.07. The molecule has 0 aliphatic heterocycles. The molecule has 184 valence electrons. The van der Waals surface area contributed by atoms with Crippen LogP contribution in [0.5, 0.6) is 0 Å². The summed E-state index contributed by atoms with van der Waals surface area (Å²) in [5, 5.41) is 0. The van der Waals surface area contributed by atoms with Crippen molar-refractivity contribution >= 4 is 27.4 Å². The third kappa shape index (κ3) is 6.43. The Labute approximate surface area is 203 Å². The Morgan fingerprint density at radius 1 is 1.29 bits per heavy atom. The van der Waals surface area contributed by atoms with E-state index in [9.17, 15) is 13.2 Å². The van der Waals surface area contributed by atoms with E-state index in [4.69, 9.17) is 4.84 Å². The van der Waals surface area contributed by atoms with E-state index in [-0.39, 0.29) is 10.8 Å². The molecule has 3 rings (SSSR count). The van der Waals surface area contributed by atoms with Crippen LogP contribution in [0.1, 0.15) is 43.5 Å². The number of carbonyl (C=O) groups excluding carboxylic acids is 1. The maximum absolute atomic E-state index is 15.0. The van der Waals surface area contributed by atoms with Crippen molar-refractivity contribution in [1.29, 1.82) is 0 Å². The van der Waals surface area contributed by atoms with Gasteiger partial charge in [-0.2, -0.15) is 0 Å². The second-order valence-electron chi connectivity index (χ2n) is 8.31. The Morgan fingerprint density at radius 3 is 2.68 bits per heavy atom. The number of benzene rings is 1. The molecule has 2 amide bonds. The van der Waals surface area contributed by atoms with Gasteiger partial charge in [-0.1, -0.05) is 32.9 Å². The zero-order valence-electron chi connectivity index (χ0n) is 19.6. The van der Waals surface area contributed by atoms with Gasteiger partial charge in [-0.15, -0.1) is 11.3 Å². The van der Waals surface area contributed by atoms with Crippen LogP contribution in [0.15, 0.2) is 40.9 Å². The number of amides is 2. The number of carbonyl (C=O) groups is 1. The van der Waals surface area contributed by atoms with Crippen LogP contribution in [-0.2, 0) is 27.8 Å². The van der Waals surface area contributed by atoms with Gasteiger partial charge in [0, 0.05) is 28.4 Å². The SMILES string of the molecule is CCCONC(=O)NS(=O)(=O)c1sc(CC(C)C)cc1-c1ccc(Cn2ccnc2C)c(F)c1. The third-order valence-electron chi connectivity index (χ3n) is 4.93. The molecule has 0 saturated heterocycles. The van der Waals surface area contributed by atoms with E-state index >= 15 is 4.39 Å². The van der Waals surface area contributed by atoms with Gasteiger partial charge in [0.2, 0.25) is 0 Å². The smallest absolute Gasteiger partial charge is 0.331 e. The number of imidazole rings is 1. The van der Waals surface area contributed by atoms with Gasteiger partial charge in [0.15, 0.2) is 0 Å². The number of hydrogen-bond acceptors (Lipinski definition) is 6. The number of rotatable bonds is 10. The van der Waals surface area contributed by atoms with Crippen molar-refractivity contribution < 1.29 is 22.4 Å². The van der Waals surface area contributed by atoms with Crippen molar-refractivity contribution in [3.8, 4) is 11.1 Å². The summed E-state index contributed by atoms with van der Waals surface area (Å²) in [4.78, 5) is 21.9. The molecule has 2 heterocycles. The summed E-state index contributed by atoms with van der Waals surface area (Å²) in [6.07, 6.45) is 4.73. The first-order valence-corrected chi connectivity index (χ1v) is 13.2. The summed E-state index contributed by atoms with van der Waals surface area (Å²) in [5.41, 5.74) is 3.28. The van der Waals surface area contributed by atoms with Crippen LogP contribution in [0.4, 0.5) is 9.18 Å². The maximum Gasteiger partial charge on any atom is 0.352 e. The Balaban J connectivity index is 1.94. The first-order chi connectivity index (χ1) is 16.1. The molecule has 0 unspecified atom stereocenters. The minimum atomic E-state index is -4.22. The number of hydrogen-bond donors (Lipinski definition) is 2.